The highest BCUT2D eigenvalue weighted by atomic mass is 35.5. The first-order valence-corrected chi connectivity index (χ1v) is 5.89. The van der Waals surface area contributed by atoms with Crippen LogP contribution < -0.4 is 0 Å². The first kappa shape index (κ1) is 12.8. The molecule has 2 aromatic rings. The fraction of sp³-hybridized carbons (Fsp3) is 0.200. The van der Waals surface area contributed by atoms with Crippen LogP contribution in [0.4, 0.5) is 0 Å². The minimum absolute atomic E-state index is 0. The van der Waals surface area contributed by atoms with Crippen LogP contribution in [0, 0.1) is 0 Å². The number of halogens is 1. The van der Waals surface area contributed by atoms with Crippen LogP contribution >= 0.6 is 12.4 Å². The summed E-state index contributed by atoms with van der Waals surface area (Å²) in [4.78, 5) is 16.3. The third-order valence-electron chi connectivity index (χ3n) is 3.34. The summed E-state index contributed by atoms with van der Waals surface area (Å²) in [6.45, 7) is 0. The van der Waals surface area contributed by atoms with Crippen molar-refractivity contribution in [3.8, 4) is 0 Å². The van der Waals surface area contributed by atoms with Crippen molar-refractivity contribution in [3.63, 3.8) is 0 Å². The molecule has 0 fully saturated rings. The van der Waals surface area contributed by atoms with Crippen LogP contribution in [0.5, 0.6) is 0 Å². The third-order valence-corrected chi connectivity index (χ3v) is 3.34. The van der Waals surface area contributed by atoms with Crippen LogP contribution in [0.2, 0.25) is 0 Å². The summed E-state index contributed by atoms with van der Waals surface area (Å²) in [5, 5.41) is 0. The number of nitrogens with zero attached hydrogens (tertiary/aromatic N) is 1. The molecule has 0 saturated carbocycles. The second-order valence-electron chi connectivity index (χ2n) is 4.36. The summed E-state index contributed by atoms with van der Waals surface area (Å²) in [5.74, 6) is 0.526. The largest absolute Gasteiger partial charge is 0.294 e. The van der Waals surface area contributed by atoms with Crippen molar-refractivity contribution in [2.24, 2.45) is 0 Å². The quantitative estimate of drug-likeness (QED) is 0.783. The SMILES string of the molecule is Cl.O=C1CCC(c2ccccn2)c2ccccc21. The molecule has 0 saturated heterocycles. The van der Waals surface area contributed by atoms with Gasteiger partial charge in [-0.2, -0.15) is 0 Å². The fourth-order valence-corrected chi connectivity index (χ4v) is 2.51. The van der Waals surface area contributed by atoms with E-state index in [4.69, 9.17) is 0 Å². The van der Waals surface area contributed by atoms with Crippen molar-refractivity contribution in [1.82, 2.24) is 4.98 Å². The fourth-order valence-electron chi connectivity index (χ4n) is 2.51. The van der Waals surface area contributed by atoms with Crippen molar-refractivity contribution >= 4 is 18.2 Å². The Balaban J connectivity index is 0.00000120. The number of benzene rings is 1. The number of fused-ring (bicyclic) bond motifs is 1. The maximum atomic E-state index is 11.8. The number of ketones is 1. The third kappa shape index (κ3) is 2.16. The van der Waals surface area contributed by atoms with Crippen LogP contribution in [0.15, 0.2) is 48.7 Å². The molecule has 1 aromatic heterocycles. The molecule has 1 atom stereocenters. The Kier molecular flexibility index (Phi) is 3.78. The van der Waals surface area contributed by atoms with Crippen molar-refractivity contribution in [2.75, 3.05) is 0 Å². The zero-order chi connectivity index (χ0) is 11.7. The van der Waals surface area contributed by atoms with Gasteiger partial charge < -0.3 is 0 Å². The van der Waals surface area contributed by atoms with Gasteiger partial charge in [0.2, 0.25) is 0 Å². The lowest BCUT2D eigenvalue weighted by Crippen LogP contribution is -2.17. The Morgan fingerprint density at radius 1 is 1.06 bits per heavy atom. The summed E-state index contributed by atoms with van der Waals surface area (Å²) >= 11 is 0. The average Bonchev–Trinajstić information content (AvgIpc) is 2.41. The lowest BCUT2D eigenvalue weighted by molar-refractivity contribution is 0.0969. The lowest BCUT2D eigenvalue weighted by atomic mass is 9.80. The summed E-state index contributed by atoms with van der Waals surface area (Å²) in [7, 11) is 0. The normalized spacial score (nSPS) is 17.8. The second-order valence-corrected chi connectivity index (χ2v) is 4.36. The van der Waals surface area contributed by atoms with Gasteiger partial charge in [0.15, 0.2) is 5.78 Å². The van der Waals surface area contributed by atoms with Gasteiger partial charge in [-0.25, -0.2) is 0 Å². The van der Waals surface area contributed by atoms with Crippen LogP contribution in [0.1, 0.15) is 40.4 Å². The smallest absolute Gasteiger partial charge is 0.163 e. The van der Waals surface area contributed by atoms with Crippen LogP contribution in [0.3, 0.4) is 0 Å². The highest BCUT2D eigenvalue weighted by molar-refractivity contribution is 5.98. The molecule has 1 aliphatic carbocycles. The minimum Gasteiger partial charge on any atom is -0.294 e. The second kappa shape index (κ2) is 5.32. The number of carbonyl (C=O) groups is 1. The van der Waals surface area contributed by atoms with Crippen LogP contribution in [-0.4, -0.2) is 10.8 Å². The number of hydrogen-bond acceptors (Lipinski definition) is 2. The number of Topliss-reactive ketones (excluding diaryl/α,β-unsaturated/α-hetero) is 1. The average molecular weight is 260 g/mol. The van der Waals surface area contributed by atoms with Gasteiger partial charge in [0.1, 0.15) is 0 Å². The standard InChI is InChI=1S/C15H13NO.ClH/c17-15-9-8-12(14-7-3-4-10-16-14)11-5-1-2-6-13(11)15;/h1-7,10,12H,8-9H2;1H. The topological polar surface area (TPSA) is 30.0 Å². The predicted molar refractivity (Wildman–Crippen MR) is 73.3 cm³/mol. The molecular weight excluding hydrogens is 246 g/mol. The predicted octanol–water partition coefficient (Wildman–Crippen LogP) is 3.61. The van der Waals surface area contributed by atoms with E-state index in [2.05, 4.69) is 4.98 Å². The summed E-state index contributed by atoms with van der Waals surface area (Å²) in [6.07, 6.45) is 3.31. The van der Waals surface area contributed by atoms with Gasteiger partial charge in [0.25, 0.3) is 0 Å². The van der Waals surface area contributed by atoms with Gasteiger partial charge in [0, 0.05) is 29.8 Å². The molecule has 0 bridgehead atoms. The maximum absolute atomic E-state index is 11.8. The van der Waals surface area contributed by atoms with Gasteiger partial charge in [-0.3, -0.25) is 9.78 Å². The molecule has 0 N–H and O–H groups in total. The summed E-state index contributed by atoms with van der Waals surface area (Å²) in [5.41, 5.74) is 3.06. The number of aromatic nitrogens is 1. The Labute approximate surface area is 112 Å². The van der Waals surface area contributed by atoms with Gasteiger partial charge >= 0.3 is 0 Å². The number of carbonyl (C=O) groups excluding carboxylic acids is 1. The van der Waals surface area contributed by atoms with Crippen molar-refractivity contribution in [3.05, 3.63) is 65.5 Å². The van der Waals surface area contributed by atoms with Crippen molar-refractivity contribution in [1.29, 1.82) is 0 Å². The van der Waals surface area contributed by atoms with E-state index < -0.39 is 0 Å². The number of hydrogen-bond donors (Lipinski definition) is 0. The van der Waals surface area contributed by atoms with Crippen LogP contribution in [-0.2, 0) is 0 Å². The molecule has 1 aromatic carbocycles. The van der Waals surface area contributed by atoms with E-state index in [1.54, 1.807) is 0 Å². The zero-order valence-electron chi connectivity index (χ0n) is 9.87. The lowest BCUT2D eigenvalue weighted by Gasteiger charge is -2.23. The molecule has 2 nitrogen and oxygen atoms in total. The monoisotopic (exact) mass is 259 g/mol. The highest BCUT2D eigenvalue weighted by Gasteiger charge is 2.26. The number of pyridine rings is 1. The molecule has 3 heteroatoms. The summed E-state index contributed by atoms with van der Waals surface area (Å²) < 4.78 is 0. The molecule has 3 rings (SSSR count). The molecule has 0 amide bonds. The first-order chi connectivity index (χ1) is 8.36. The van der Waals surface area contributed by atoms with E-state index in [1.165, 1.54) is 0 Å². The Morgan fingerprint density at radius 2 is 1.83 bits per heavy atom. The van der Waals surface area contributed by atoms with Gasteiger partial charge in [-0.1, -0.05) is 30.3 Å². The molecule has 1 unspecified atom stereocenters. The maximum Gasteiger partial charge on any atom is 0.163 e. The van der Waals surface area contributed by atoms with Crippen molar-refractivity contribution in [2.45, 2.75) is 18.8 Å². The Morgan fingerprint density at radius 3 is 2.61 bits per heavy atom. The molecule has 0 radical (unpaired) electrons. The van der Waals surface area contributed by atoms with E-state index >= 15 is 0 Å². The molecule has 0 aliphatic heterocycles. The molecule has 1 heterocycles. The van der Waals surface area contributed by atoms with Crippen LogP contribution in [0.25, 0.3) is 0 Å². The summed E-state index contributed by atoms with van der Waals surface area (Å²) in [6, 6.07) is 13.9. The molecule has 0 spiro atoms. The van der Waals surface area contributed by atoms with Gasteiger partial charge in [0.05, 0.1) is 0 Å². The van der Waals surface area contributed by atoms with Crippen molar-refractivity contribution < 1.29 is 4.79 Å². The molecular formula is C15H14ClNO. The zero-order valence-corrected chi connectivity index (χ0v) is 10.7. The van der Waals surface area contributed by atoms with Gasteiger partial charge in [-0.05, 0) is 24.1 Å². The Bertz CT molecular complexity index is 553. The van der Waals surface area contributed by atoms with E-state index in [0.29, 0.717) is 6.42 Å². The molecule has 92 valence electrons. The number of rotatable bonds is 1. The highest BCUT2D eigenvalue weighted by Crippen LogP contribution is 2.35. The Hall–Kier alpha value is -1.67. The first-order valence-electron chi connectivity index (χ1n) is 5.89. The molecule has 1 aliphatic rings. The van der Waals surface area contributed by atoms with E-state index in [1.807, 2.05) is 48.7 Å². The molecule has 18 heavy (non-hydrogen) atoms. The van der Waals surface area contributed by atoms with E-state index in [9.17, 15) is 4.79 Å². The van der Waals surface area contributed by atoms with E-state index in [0.717, 1.165) is 23.2 Å². The van der Waals surface area contributed by atoms with Gasteiger partial charge in [-0.15, -0.1) is 12.4 Å². The van der Waals surface area contributed by atoms with E-state index in [-0.39, 0.29) is 24.1 Å². The minimum atomic E-state index is 0.